The van der Waals surface area contributed by atoms with Crippen LogP contribution in [0.1, 0.15) is 88.9 Å². The number of ether oxygens (including phenoxy) is 2. The first-order valence-corrected chi connectivity index (χ1v) is 10.7. The van der Waals surface area contributed by atoms with Gasteiger partial charge in [0.25, 0.3) is 0 Å². The number of furan rings is 1. The van der Waals surface area contributed by atoms with Crippen molar-refractivity contribution in [2.75, 3.05) is 0 Å². The Labute approximate surface area is 173 Å². The zero-order chi connectivity index (χ0) is 21.0. The van der Waals surface area contributed by atoms with Gasteiger partial charge in [-0.2, -0.15) is 0 Å². The summed E-state index contributed by atoms with van der Waals surface area (Å²) < 4.78 is 17.7. The summed E-state index contributed by atoms with van der Waals surface area (Å²) in [5.41, 5.74) is 0.748. The molecule has 2 saturated carbocycles. The second-order valence-electron chi connectivity index (χ2n) is 8.54. The summed E-state index contributed by atoms with van der Waals surface area (Å²) in [6.07, 6.45) is 7.64. The summed E-state index contributed by atoms with van der Waals surface area (Å²) in [5.74, 6) is 0.911. The van der Waals surface area contributed by atoms with E-state index in [-0.39, 0.29) is 11.8 Å². The van der Waals surface area contributed by atoms with Crippen molar-refractivity contribution in [1.82, 2.24) is 0 Å². The van der Waals surface area contributed by atoms with Crippen molar-refractivity contribution >= 4 is 11.9 Å². The molecule has 1 heterocycles. The molecule has 0 N–H and O–H groups in total. The van der Waals surface area contributed by atoms with Gasteiger partial charge in [-0.1, -0.05) is 38.8 Å². The molecule has 0 aromatic carbocycles. The highest BCUT2D eigenvalue weighted by Crippen LogP contribution is 2.43. The molecule has 1 aromatic rings. The Hall–Kier alpha value is -2.30. The molecular formula is C24H32O5. The van der Waals surface area contributed by atoms with E-state index in [1.54, 1.807) is 13.8 Å². The van der Waals surface area contributed by atoms with E-state index in [1.165, 1.54) is 0 Å². The molecule has 29 heavy (non-hydrogen) atoms. The SMILES string of the molecule is C=C(C)C(=O)OC(c1ccc(C(OC(=O)C(=C)C)C2CCCC2)o1)C1CCCC1. The molecule has 5 heteroatoms. The Balaban J connectivity index is 1.85. The van der Waals surface area contributed by atoms with Crippen molar-refractivity contribution < 1.29 is 23.5 Å². The van der Waals surface area contributed by atoms with Gasteiger partial charge in [-0.25, -0.2) is 9.59 Å². The molecule has 1 aromatic heterocycles. The monoisotopic (exact) mass is 400 g/mol. The molecule has 2 aliphatic carbocycles. The Morgan fingerprint density at radius 1 is 0.828 bits per heavy atom. The third-order valence-electron chi connectivity index (χ3n) is 6.03. The topological polar surface area (TPSA) is 65.7 Å². The highest BCUT2D eigenvalue weighted by atomic mass is 16.6. The fourth-order valence-electron chi connectivity index (χ4n) is 4.40. The van der Waals surface area contributed by atoms with Crippen LogP contribution in [0.5, 0.6) is 0 Å². The maximum absolute atomic E-state index is 12.2. The van der Waals surface area contributed by atoms with Crippen molar-refractivity contribution in [3.05, 3.63) is 48.0 Å². The number of rotatable bonds is 8. The average Bonchev–Trinajstić information content (AvgIpc) is 3.46. The van der Waals surface area contributed by atoms with Gasteiger partial charge in [-0.15, -0.1) is 0 Å². The van der Waals surface area contributed by atoms with Crippen molar-refractivity contribution in [3.8, 4) is 0 Å². The van der Waals surface area contributed by atoms with Crippen LogP contribution in [0.25, 0.3) is 0 Å². The van der Waals surface area contributed by atoms with Crippen molar-refractivity contribution in [2.45, 2.75) is 77.4 Å². The number of carbonyl (C=O) groups excluding carboxylic acids is 2. The minimum Gasteiger partial charge on any atom is -0.458 e. The molecule has 0 aliphatic heterocycles. The summed E-state index contributed by atoms with van der Waals surface area (Å²) in [6, 6.07) is 3.72. The molecule has 0 spiro atoms. The number of carbonyl (C=O) groups is 2. The first-order chi connectivity index (χ1) is 13.9. The number of esters is 2. The van der Waals surface area contributed by atoms with Crippen molar-refractivity contribution in [1.29, 1.82) is 0 Å². The predicted molar refractivity (Wildman–Crippen MR) is 110 cm³/mol. The lowest BCUT2D eigenvalue weighted by atomic mass is 9.98. The summed E-state index contributed by atoms with van der Waals surface area (Å²) in [7, 11) is 0. The second kappa shape index (κ2) is 9.47. The van der Waals surface area contributed by atoms with Crippen LogP contribution in [0.3, 0.4) is 0 Å². The van der Waals surface area contributed by atoms with Crippen LogP contribution < -0.4 is 0 Å². The van der Waals surface area contributed by atoms with Crippen LogP contribution in [0, 0.1) is 11.8 Å². The molecular weight excluding hydrogens is 368 g/mol. The highest BCUT2D eigenvalue weighted by molar-refractivity contribution is 5.87. The van der Waals surface area contributed by atoms with Gasteiger partial charge < -0.3 is 13.9 Å². The largest absolute Gasteiger partial charge is 0.458 e. The molecule has 5 nitrogen and oxygen atoms in total. The summed E-state index contributed by atoms with van der Waals surface area (Å²) >= 11 is 0. The lowest BCUT2D eigenvalue weighted by Crippen LogP contribution is -2.19. The molecule has 0 amide bonds. The van der Waals surface area contributed by atoms with Crippen LogP contribution in [-0.4, -0.2) is 11.9 Å². The van der Waals surface area contributed by atoms with Crippen LogP contribution in [0.2, 0.25) is 0 Å². The molecule has 0 radical (unpaired) electrons. The fraction of sp³-hybridized carbons (Fsp3) is 0.583. The minimum atomic E-state index is -0.434. The Kier molecular flexibility index (Phi) is 6.99. The van der Waals surface area contributed by atoms with E-state index in [9.17, 15) is 9.59 Å². The maximum atomic E-state index is 12.2. The third-order valence-corrected chi connectivity index (χ3v) is 6.03. The Morgan fingerprint density at radius 2 is 1.17 bits per heavy atom. The first kappa shape index (κ1) is 21.4. The zero-order valence-electron chi connectivity index (χ0n) is 17.6. The lowest BCUT2D eigenvalue weighted by Gasteiger charge is -2.24. The summed E-state index contributed by atoms with van der Waals surface area (Å²) in [4.78, 5) is 24.4. The van der Waals surface area contributed by atoms with E-state index in [1.807, 2.05) is 12.1 Å². The number of hydrogen-bond acceptors (Lipinski definition) is 5. The van der Waals surface area contributed by atoms with Gasteiger partial charge >= 0.3 is 11.9 Å². The Morgan fingerprint density at radius 3 is 1.48 bits per heavy atom. The van der Waals surface area contributed by atoms with Crippen LogP contribution in [0.15, 0.2) is 40.9 Å². The lowest BCUT2D eigenvalue weighted by molar-refractivity contribution is -0.149. The number of hydrogen-bond donors (Lipinski definition) is 0. The predicted octanol–water partition coefficient (Wildman–Crippen LogP) is 5.98. The van der Waals surface area contributed by atoms with Crippen LogP contribution in [-0.2, 0) is 19.1 Å². The normalized spacial score (nSPS) is 19.7. The summed E-state index contributed by atoms with van der Waals surface area (Å²) in [5, 5.41) is 0. The van der Waals surface area contributed by atoms with E-state index >= 15 is 0 Å². The van der Waals surface area contributed by atoms with Gasteiger partial charge in [0.2, 0.25) is 0 Å². The van der Waals surface area contributed by atoms with E-state index in [0.717, 1.165) is 51.4 Å². The molecule has 2 fully saturated rings. The standard InChI is InChI=1S/C24H32O5/c1-15(2)23(25)28-21(17-9-5-6-10-17)19-13-14-20(27-19)22(18-11-7-8-12-18)29-24(26)16(3)4/h13-14,17-18,21-22H,1,3,5-12H2,2,4H3. The smallest absolute Gasteiger partial charge is 0.333 e. The van der Waals surface area contributed by atoms with Gasteiger partial charge in [0.1, 0.15) is 11.5 Å². The average molecular weight is 401 g/mol. The fourth-order valence-corrected chi connectivity index (χ4v) is 4.40. The van der Waals surface area contributed by atoms with E-state index < -0.39 is 24.1 Å². The molecule has 0 saturated heterocycles. The van der Waals surface area contributed by atoms with Gasteiger partial charge in [0, 0.05) is 23.0 Å². The van der Waals surface area contributed by atoms with Crippen LogP contribution >= 0.6 is 0 Å². The third kappa shape index (κ3) is 5.20. The van der Waals surface area contributed by atoms with Gasteiger partial charge in [0.15, 0.2) is 12.2 Å². The minimum absolute atomic E-state index is 0.236. The van der Waals surface area contributed by atoms with E-state index in [2.05, 4.69) is 13.2 Å². The van der Waals surface area contributed by atoms with Gasteiger partial charge in [-0.05, 0) is 51.7 Å². The molecule has 2 atom stereocenters. The maximum Gasteiger partial charge on any atom is 0.333 e. The molecule has 2 unspecified atom stereocenters. The van der Waals surface area contributed by atoms with Crippen molar-refractivity contribution in [2.24, 2.45) is 11.8 Å². The van der Waals surface area contributed by atoms with Crippen molar-refractivity contribution in [3.63, 3.8) is 0 Å². The van der Waals surface area contributed by atoms with Gasteiger partial charge in [-0.3, -0.25) is 0 Å². The quantitative estimate of drug-likeness (QED) is 0.397. The molecule has 3 rings (SSSR count). The molecule has 2 aliphatic rings. The van der Waals surface area contributed by atoms with E-state index in [0.29, 0.717) is 22.7 Å². The zero-order valence-corrected chi connectivity index (χ0v) is 17.6. The first-order valence-electron chi connectivity index (χ1n) is 10.7. The second-order valence-corrected chi connectivity index (χ2v) is 8.54. The summed E-state index contributed by atoms with van der Waals surface area (Å²) in [6.45, 7) is 10.7. The van der Waals surface area contributed by atoms with Gasteiger partial charge in [0.05, 0.1) is 0 Å². The Bertz CT molecular complexity index is 699. The molecule has 158 valence electrons. The molecule has 0 bridgehead atoms. The van der Waals surface area contributed by atoms with Crippen LogP contribution in [0.4, 0.5) is 0 Å². The highest BCUT2D eigenvalue weighted by Gasteiger charge is 2.35. The van der Waals surface area contributed by atoms with E-state index in [4.69, 9.17) is 13.9 Å².